The van der Waals surface area contributed by atoms with Gasteiger partial charge in [-0.25, -0.2) is 0 Å². The summed E-state index contributed by atoms with van der Waals surface area (Å²) in [4.78, 5) is 13.0. The molecule has 0 bridgehead atoms. The first kappa shape index (κ1) is 12.2. The van der Waals surface area contributed by atoms with E-state index in [1.165, 1.54) is 6.08 Å². The monoisotopic (exact) mass is 239 g/mol. The lowest BCUT2D eigenvalue weighted by molar-refractivity contribution is -0.116. The fourth-order valence-corrected chi connectivity index (χ4v) is 2.05. The largest absolute Gasteiger partial charge is 0.348 e. The van der Waals surface area contributed by atoms with Crippen LogP contribution in [0.3, 0.4) is 0 Å². The summed E-state index contributed by atoms with van der Waals surface area (Å²) in [5.41, 5.74) is 1.06. The summed E-state index contributed by atoms with van der Waals surface area (Å²) in [5.74, 6) is -0.157. The molecule has 0 saturated heterocycles. The average molecular weight is 239 g/mol. The third-order valence-corrected chi connectivity index (χ3v) is 3.22. The van der Waals surface area contributed by atoms with Gasteiger partial charge in [0.1, 0.15) is 0 Å². The van der Waals surface area contributed by atoms with Gasteiger partial charge >= 0.3 is 0 Å². The summed E-state index contributed by atoms with van der Waals surface area (Å²) in [6, 6.07) is 5.91. The van der Waals surface area contributed by atoms with Gasteiger partial charge in [-0.05, 0) is 30.0 Å². The molecule has 0 heterocycles. The molecule has 0 aliphatic heterocycles. The zero-order valence-corrected chi connectivity index (χ0v) is 10.2. The summed E-state index contributed by atoms with van der Waals surface area (Å²) in [6.07, 6.45) is 3.27. The predicted octanol–water partition coefficient (Wildman–Crippen LogP) is 2.50. The third kappa shape index (κ3) is 3.64. The number of hydrogen-bond donors (Lipinski definition) is 2. The van der Waals surface area contributed by atoms with E-state index in [9.17, 15) is 4.79 Å². The number of benzene rings is 1. The van der Waals surface area contributed by atoms with Crippen molar-refractivity contribution in [1.82, 2.24) is 5.32 Å². The van der Waals surface area contributed by atoms with Crippen LogP contribution in [0.2, 0.25) is 0 Å². The van der Waals surface area contributed by atoms with E-state index in [1.807, 2.05) is 24.5 Å². The Labute approximate surface area is 99.6 Å². The van der Waals surface area contributed by atoms with Crippen LogP contribution < -0.4 is 5.32 Å². The molecule has 0 spiro atoms. The van der Waals surface area contributed by atoms with Crippen molar-refractivity contribution in [2.45, 2.75) is 16.3 Å². The summed E-state index contributed by atoms with van der Waals surface area (Å²) in [5, 5.41) is 2.73. The maximum atomic E-state index is 11.0. The van der Waals surface area contributed by atoms with Gasteiger partial charge in [0.25, 0.3) is 0 Å². The molecule has 80 valence electrons. The summed E-state index contributed by atoms with van der Waals surface area (Å²) in [6.45, 7) is 3.91. The molecule has 0 unspecified atom stereocenters. The smallest absolute Gasteiger partial charge is 0.243 e. The summed E-state index contributed by atoms with van der Waals surface area (Å²) < 4.78 is 0. The molecule has 0 fully saturated rings. The number of carbonyl (C=O) groups is 1. The first-order valence-corrected chi connectivity index (χ1v) is 6.10. The molecule has 0 radical (unpaired) electrons. The number of nitrogens with one attached hydrogen (secondary N) is 1. The Morgan fingerprint density at radius 1 is 1.67 bits per heavy atom. The van der Waals surface area contributed by atoms with Crippen LogP contribution in [0.4, 0.5) is 0 Å². The van der Waals surface area contributed by atoms with Crippen LogP contribution in [0.25, 0.3) is 0 Å². The van der Waals surface area contributed by atoms with Gasteiger partial charge in [0.15, 0.2) is 0 Å². The average Bonchev–Trinajstić information content (AvgIpc) is 2.27. The van der Waals surface area contributed by atoms with Gasteiger partial charge in [0, 0.05) is 16.3 Å². The van der Waals surface area contributed by atoms with E-state index in [-0.39, 0.29) is 5.91 Å². The standard InChI is InChI=1S/C11H13NOS2/c1-3-11(13)12-7-8-4-5-9(14)10(6-8)15-2/h3-6,14H,1,7H2,2H3,(H,12,13). The van der Waals surface area contributed by atoms with E-state index in [2.05, 4.69) is 24.5 Å². The van der Waals surface area contributed by atoms with Gasteiger partial charge in [-0.2, -0.15) is 0 Å². The molecule has 0 aliphatic rings. The van der Waals surface area contributed by atoms with Crippen molar-refractivity contribution in [3.05, 3.63) is 36.4 Å². The van der Waals surface area contributed by atoms with Gasteiger partial charge in [0.05, 0.1) is 0 Å². The first-order chi connectivity index (χ1) is 7.17. The van der Waals surface area contributed by atoms with Crippen molar-refractivity contribution < 1.29 is 4.79 Å². The fourth-order valence-electron chi connectivity index (χ4n) is 1.09. The Morgan fingerprint density at radius 2 is 2.40 bits per heavy atom. The fraction of sp³-hybridized carbons (Fsp3) is 0.182. The van der Waals surface area contributed by atoms with Crippen molar-refractivity contribution in [3.63, 3.8) is 0 Å². The number of rotatable bonds is 4. The molecule has 0 aromatic heterocycles. The van der Waals surface area contributed by atoms with Gasteiger partial charge in [0.2, 0.25) is 5.91 Å². The van der Waals surface area contributed by atoms with E-state index in [0.717, 1.165) is 15.4 Å². The number of thioether (sulfide) groups is 1. The second-order valence-electron chi connectivity index (χ2n) is 2.93. The maximum absolute atomic E-state index is 11.0. The van der Waals surface area contributed by atoms with Crippen molar-refractivity contribution in [1.29, 1.82) is 0 Å². The molecule has 2 nitrogen and oxygen atoms in total. The Balaban J connectivity index is 2.70. The molecule has 1 aromatic carbocycles. The maximum Gasteiger partial charge on any atom is 0.243 e. The predicted molar refractivity (Wildman–Crippen MR) is 67.5 cm³/mol. The minimum atomic E-state index is -0.157. The third-order valence-electron chi connectivity index (χ3n) is 1.90. The molecule has 0 saturated carbocycles. The molecule has 15 heavy (non-hydrogen) atoms. The van der Waals surface area contributed by atoms with Crippen molar-refractivity contribution in [2.75, 3.05) is 6.26 Å². The van der Waals surface area contributed by atoms with E-state index in [1.54, 1.807) is 11.8 Å². The number of amides is 1. The van der Waals surface area contributed by atoms with E-state index in [4.69, 9.17) is 0 Å². The molecule has 1 aromatic rings. The second-order valence-corrected chi connectivity index (χ2v) is 4.26. The van der Waals surface area contributed by atoms with Crippen LogP contribution >= 0.6 is 24.4 Å². The van der Waals surface area contributed by atoms with Crippen LogP contribution in [-0.4, -0.2) is 12.2 Å². The molecule has 0 atom stereocenters. The van der Waals surface area contributed by atoms with Crippen molar-refractivity contribution >= 4 is 30.3 Å². The topological polar surface area (TPSA) is 29.1 Å². The Bertz CT molecular complexity index is 377. The van der Waals surface area contributed by atoms with E-state index >= 15 is 0 Å². The summed E-state index contributed by atoms with van der Waals surface area (Å²) in [7, 11) is 0. The highest BCUT2D eigenvalue weighted by atomic mass is 32.2. The Morgan fingerprint density at radius 3 is 3.00 bits per heavy atom. The Kier molecular flexibility index (Phi) is 4.78. The lowest BCUT2D eigenvalue weighted by Crippen LogP contribution is -2.19. The number of hydrogen-bond acceptors (Lipinski definition) is 3. The second kappa shape index (κ2) is 5.88. The van der Waals surface area contributed by atoms with Crippen LogP contribution in [0.5, 0.6) is 0 Å². The van der Waals surface area contributed by atoms with Crippen LogP contribution in [0.15, 0.2) is 40.6 Å². The summed E-state index contributed by atoms with van der Waals surface area (Å²) >= 11 is 5.97. The van der Waals surface area contributed by atoms with Crippen LogP contribution in [0, 0.1) is 0 Å². The quantitative estimate of drug-likeness (QED) is 0.480. The zero-order valence-electron chi connectivity index (χ0n) is 8.49. The lowest BCUT2D eigenvalue weighted by atomic mass is 10.2. The number of carbonyl (C=O) groups excluding carboxylic acids is 1. The van der Waals surface area contributed by atoms with Crippen LogP contribution in [-0.2, 0) is 11.3 Å². The van der Waals surface area contributed by atoms with Gasteiger partial charge in [-0.3, -0.25) is 4.79 Å². The molecule has 1 rings (SSSR count). The molecule has 1 amide bonds. The molecule has 0 aliphatic carbocycles. The highest BCUT2D eigenvalue weighted by molar-refractivity contribution is 7.99. The molecular formula is C11H13NOS2. The SMILES string of the molecule is C=CC(=O)NCc1ccc(S)c(SC)c1. The van der Waals surface area contributed by atoms with Crippen LogP contribution in [0.1, 0.15) is 5.56 Å². The van der Waals surface area contributed by atoms with E-state index in [0.29, 0.717) is 6.54 Å². The minimum absolute atomic E-state index is 0.157. The van der Waals surface area contributed by atoms with Crippen molar-refractivity contribution in [2.24, 2.45) is 0 Å². The van der Waals surface area contributed by atoms with Gasteiger partial charge < -0.3 is 5.32 Å². The number of thiol groups is 1. The van der Waals surface area contributed by atoms with Gasteiger partial charge in [-0.1, -0.05) is 12.6 Å². The molecular weight excluding hydrogens is 226 g/mol. The first-order valence-electron chi connectivity index (χ1n) is 4.43. The van der Waals surface area contributed by atoms with Crippen molar-refractivity contribution in [3.8, 4) is 0 Å². The Hall–Kier alpha value is -0.870. The minimum Gasteiger partial charge on any atom is -0.348 e. The normalized spacial score (nSPS) is 9.73. The van der Waals surface area contributed by atoms with Gasteiger partial charge in [-0.15, -0.1) is 24.4 Å². The van der Waals surface area contributed by atoms with E-state index < -0.39 is 0 Å². The molecule has 1 N–H and O–H groups in total. The molecule has 4 heteroatoms. The highest BCUT2D eigenvalue weighted by Gasteiger charge is 2.00. The zero-order chi connectivity index (χ0) is 11.3. The lowest BCUT2D eigenvalue weighted by Gasteiger charge is -2.06. The highest BCUT2D eigenvalue weighted by Crippen LogP contribution is 2.24.